The summed E-state index contributed by atoms with van der Waals surface area (Å²) in [5.41, 5.74) is 3.66. The van der Waals surface area contributed by atoms with Crippen molar-refractivity contribution < 1.29 is 0 Å². The van der Waals surface area contributed by atoms with Crippen LogP contribution in [-0.4, -0.2) is 23.8 Å². The Balaban J connectivity index is 2.20. The summed E-state index contributed by atoms with van der Waals surface area (Å²) in [5, 5.41) is 0.754. The molecule has 1 aliphatic heterocycles. The van der Waals surface area contributed by atoms with Gasteiger partial charge < -0.3 is 4.90 Å². The van der Waals surface area contributed by atoms with Gasteiger partial charge in [0.2, 0.25) is 0 Å². The number of amidine groups is 1. The molecular weight excluding hydrogens is 267 g/mol. The van der Waals surface area contributed by atoms with E-state index in [2.05, 4.69) is 4.90 Å². The number of rotatable bonds is 3. The summed E-state index contributed by atoms with van der Waals surface area (Å²) in [7, 11) is 0. The zero-order chi connectivity index (χ0) is 13.0. The third kappa shape index (κ3) is 3.27. The van der Waals surface area contributed by atoms with E-state index in [0.717, 1.165) is 48.0 Å². The van der Waals surface area contributed by atoms with Gasteiger partial charge in [-0.1, -0.05) is 29.3 Å². The third-order valence-electron chi connectivity index (χ3n) is 3.02. The maximum atomic E-state index is 5.95. The van der Waals surface area contributed by atoms with Gasteiger partial charge in [-0.2, -0.15) is 0 Å². The SMILES string of the molecule is Cc1cc(Cl)ccc1N=C1CCCN1CC=CCl. The van der Waals surface area contributed by atoms with Crippen LogP contribution in [0.25, 0.3) is 0 Å². The fourth-order valence-electron chi connectivity index (χ4n) is 2.09. The van der Waals surface area contributed by atoms with E-state index in [-0.39, 0.29) is 0 Å². The molecule has 0 radical (unpaired) electrons. The number of halogens is 2. The summed E-state index contributed by atoms with van der Waals surface area (Å²) >= 11 is 11.5. The molecule has 0 N–H and O–H groups in total. The van der Waals surface area contributed by atoms with Gasteiger partial charge in [-0.25, -0.2) is 4.99 Å². The number of hydrogen-bond donors (Lipinski definition) is 0. The lowest BCUT2D eigenvalue weighted by molar-refractivity contribution is 0.502. The van der Waals surface area contributed by atoms with Gasteiger partial charge in [0.05, 0.1) is 5.69 Å². The minimum absolute atomic E-state index is 0.754. The molecule has 0 saturated carbocycles. The molecule has 2 rings (SSSR count). The molecule has 2 nitrogen and oxygen atoms in total. The first-order chi connectivity index (χ1) is 8.70. The molecular formula is C14H16Cl2N2. The first-order valence-corrected chi connectivity index (χ1v) is 6.86. The Kier molecular flexibility index (Phi) is 4.67. The summed E-state index contributed by atoms with van der Waals surface area (Å²) in [4.78, 5) is 7.00. The molecule has 1 aliphatic rings. The van der Waals surface area contributed by atoms with E-state index in [1.165, 1.54) is 0 Å². The summed E-state index contributed by atoms with van der Waals surface area (Å²) in [6.45, 7) is 3.91. The molecule has 0 bridgehead atoms. The molecule has 1 heterocycles. The van der Waals surface area contributed by atoms with Crippen LogP contribution in [-0.2, 0) is 0 Å². The monoisotopic (exact) mass is 282 g/mol. The zero-order valence-electron chi connectivity index (χ0n) is 10.4. The average Bonchev–Trinajstić information content (AvgIpc) is 2.77. The molecule has 18 heavy (non-hydrogen) atoms. The van der Waals surface area contributed by atoms with Gasteiger partial charge >= 0.3 is 0 Å². The highest BCUT2D eigenvalue weighted by atomic mass is 35.5. The van der Waals surface area contributed by atoms with Crippen LogP contribution in [0.5, 0.6) is 0 Å². The van der Waals surface area contributed by atoms with E-state index in [9.17, 15) is 0 Å². The molecule has 0 aromatic heterocycles. The van der Waals surface area contributed by atoms with E-state index in [1.54, 1.807) is 5.54 Å². The molecule has 96 valence electrons. The fraction of sp³-hybridized carbons (Fsp3) is 0.357. The second-order valence-electron chi connectivity index (χ2n) is 4.37. The molecule has 0 amide bonds. The Bertz CT molecular complexity index is 481. The van der Waals surface area contributed by atoms with Crippen molar-refractivity contribution in [2.45, 2.75) is 19.8 Å². The topological polar surface area (TPSA) is 15.6 Å². The van der Waals surface area contributed by atoms with Crippen LogP contribution in [0.2, 0.25) is 5.02 Å². The first kappa shape index (κ1) is 13.4. The summed E-state index contributed by atoms with van der Waals surface area (Å²) in [5.74, 6) is 1.13. The van der Waals surface area contributed by atoms with Crippen molar-refractivity contribution in [2.24, 2.45) is 4.99 Å². The highest BCUT2D eigenvalue weighted by Crippen LogP contribution is 2.24. The zero-order valence-corrected chi connectivity index (χ0v) is 11.9. The lowest BCUT2D eigenvalue weighted by atomic mass is 10.2. The van der Waals surface area contributed by atoms with Crippen molar-refractivity contribution in [1.82, 2.24) is 4.90 Å². The maximum absolute atomic E-state index is 5.95. The lowest BCUT2D eigenvalue weighted by Crippen LogP contribution is -2.24. The summed E-state index contributed by atoms with van der Waals surface area (Å²) in [6, 6.07) is 5.80. The van der Waals surface area contributed by atoms with E-state index >= 15 is 0 Å². The Morgan fingerprint density at radius 3 is 3.00 bits per heavy atom. The van der Waals surface area contributed by atoms with Crippen LogP contribution < -0.4 is 0 Å². The number of aryl methyl sites for hydroxylation is 1. The van der Waals surface area contributed by atoms with Gasteiger partial charge in [0.25, 0.3) is 0 Å². The summed E-state index contributed by atoms with van der Waals surface area (Å²) in [6.07, 6.45) is 4.12. The first-order valence-electron chi connectivity index (χ1n) is 6.04. The van der Waals surface area contributed by atoms with Crippen LogP contribution in [0, 0.1) is 6.92 Å². The number of benzene rings is 1. The van der Waals surface area contributed by atoms with Gasteiger partial charge in [0, 0.05) is 30.1 Å². The molecule has 0 aliphatic carbocycles. The molecule has 0 spiro atoms. The van der Waals surface area contributed by atoms with Crippen LogP contribution in [0.1, 0.15) is 18.4 Å². The molecule has 4 heteroatoms. The molecule has 1 aromatic carbocycles. The van der Waals surface area contributed by atoms with Crippen molar-refractivity contribution >= 4 is 34.7 Å². The van der Waals surface area contributed by atoms with Gasteiger partial charge in [-0.15, -0.1) is 0 Å². The maximum Gasteiger partial charge on any atom is 0.105 e. The Hall–Kier alpha value is -0.990. The van der Waals surface area contributed by atoms with Gasteiger partial charge in [0.15, 0.2) is 0 Å². The fourth-order valence-corrected chi connectivity index (χ4v) is 2.40. The normalized spacial score (nSPS) is 18.2. The van der Waals surface area contributed by atoms with Gasteiger partial charge in [0.1, 0.15) is 5.84 Å². The van der Waals surface area contributed by atoms with Crippen molar-refractivity contribution in [3.05, 3.63) is 40.4 Å². The highest BCUT2D eigenvalue weighted by molar-refractivity contribution is 6.30. The Morgan fingerprint density at radius 1 is 1.44 bits per heavy atom. The van der Waals surface area contributed by atoms with E-state index < -0.39 is 0 Å². The standard InChI is InChI=1S/C14H16Cl2N2/c1-11-10-12(16)5-6-13(11)17-14-4-2-8-18(14)9-3-7-15/h3,5-7,10H,2,4,8-9H2,1H3. The number of aliphatic imine (C=N–C) groups is 1. The number of likely N-dealkylation sites (tertiary alicyclic amines) is 1. The van der Waals surface area contributed by atoms with Crippen LogP contribution in [0.3, 0.4) is 0 Å². The van der Waals surface area contributed by atoms with Crippen molar-refractivity contribution in [3.63, 3.8) is 0 Å². The minimum Gasteiger partial charge on any atom is -0.356 e. The van der Waals surface area contributed by atoms with Crippen molar-refractivity contribution in [3.8, 4) is 0 Å². The summed E-state index contributed by atoms with van der Waals surface area (Å²) < 4.78 is 0. The molecule has 1 saturated heterocycles. The van der Waals surface area contributed by atoms with E-state index in [0.29, 0.717) is 0 Å². The van der Waals surface area contributed by atoms with E-state index in [4.69, 9.17) is 28.2 Å². The Labute approximate surface area is 118 Å². The van der Waals surface area contributed by atoms with Crippen molar-refractivity contribution in [2.75, 3.05) is 13.1 Å². The quantitative estimate of drug-likeness (QED) is 0.796. The average molecular weight is 283 g/mol. The van der Waals surface area contributed by atoms with Crippen molar-refractivity contribution in [1.29, 1.82) is 0 Å². The van der Waals surface area contributed by atoms with Crippen LogP contribution in [0.4, 0.5) is 5.69 Å². The smallest absolute Gasteiger partial charge is 0.105 e. The molecule has 1 fully saturated rings. The second kappa shape index (κ2) is 6.26. The predicted molar refractivity (Wildman–Crippen MR) is 79.1 cm³/mol. The van der Waals surface area contributed by atoms with Crippen LogP contribution in [0.15, 0.2) is 34.8 Å². The largest absolute Gasteiger partial charge is 0.356 e. The number of hydrogen-bond acceptors (Lipinski definition) is 1. The lowest BCUT2D eigenvalue weighted by Gasteiger charge is -2.16. The Morgan fingerprint density at radius 2 is 2.28 bits per heavy atom. The molecule has 0 unspecified atom stereocenters. The second-order valence-corrected chi connectivity index (χ2v) is 5.06. The molecule has 0 atom stereocenters. The van der Waals surface area contributed by atoms with E-state index in [1.807, 2.05) is 31.2 Å². The third-order valence-corrected chi connectivity index (χ3v) is 3.43. The van der Waals surface area contributed by atoms with Gasteiger partial charge in [-0.05, 0) is 37.1 Å². The van der Waals surface area contributed by atoms with Crippen LogP contribution >= 0.6 is 23.2 Å². The highest BCUT2D eigenvalue weighted by Gasteiger charge is 2.17. The molecule has 1 aromatic rings. The predicted octanol–water partition coefficient (Wildman–Crippen LogP) is 4.53. The minimum atomic E-state index is 0.754. The number of nitrogens with zero attached hydrogens (tertiary/aromatic N) is 2. The van der Waals surface area contributed by atoms with Gasteiger partial charge in [-0.3, -0.25) is 0 Å².